The smallest absolute Gasteiger partial charge is 0.191 e. The predicted octanol–water partition coefficient (Wildman–Crippen LogP) is 3.32. The Bertz CT molecular complexity index is 770. The third-order valence-corrected chi connectivity index (χ3v) is 4.79. The molecule has 1 aromatic carbocycles. The molecule has 1 heterocycles. The lowest BCUT2D eigenvalue weighted by molar-refractivity contribution is 0.208. The van der Waals surface area contributed by atoms with E-state index in [-0.39, 0.29) is 24.0 Å². The number of hydrogen-bond acceptors (Lipinski definition) is 4. The van der Waals surface area contributed by atoms with E-state index in [1.807, 2.05) is 11.6 Å². The first-order valence-corrected chi connectivity index (χ1v) is 9.77. The van der Waals surface area contributed by atoms with E-state index in [2.05, 4.69) is 52.9 Å². The van der Waals surface area contributed by atoms with Crippen molar-refractivity contribution in [2.24, 2.45) is 12.0 Å². The van der Waals surface area contributed by atoms with Crippen LogP contribution in [0.15, 0.2) is 29.5 Å². The number of rotatable bonds is 7. The molecule has 154 valence electrons. The predicted molar refractivity (Wildman–Crippen MR) is 122 cm³/mol. The molecule has 0 saturated heterocycles. The number of halogens is 1. The van der Waals surface area contributed by atoms with E-state index >= 15 is 0 Å². The van der Waals surface area contributed by atoms with Gasteiger partial charge in [-0.3, -0.25) is 0 Å². The third-order valence-electron chi connectivity index (χ3n) is 4.79. The summed E-state index contributed by atoms with van der Waals surface area (Å²) < 4.78 is 8.18. The zero-order valence-corrected chi connectivity index (χ0v) is 19.3. The highest BCUT2D eigenvalue weighted by Crippen LogP contribution is 2.28. The van der Waals surface area contributed by atoms with Crippen molar-refractivity contribution in [1.29, 1.82) is 0 Å². The van der Waals surface area contributed by atoms with Crippen molar-refractivity contribution in [2.75, 3.05) is 6.54 Å². The quantitative estimate of drug-likeness (QED) is 0.348. The van der Waals surface area contributed by atoms with Gasteiger partial charge in [-0.25, -0.2) is 4.99 Å². The van der Waals surface area contributed by atoms with Crippen LogP contribution >= 0.6 is 24.0 Å². The molecule has 0 amide bonds. The van der Waals surface area contributed by atoms with Crippen LogP contribution in [0.3, 0.4) is 0 Å². The van der Waals surface area contributed by atoms with E-state index in [1.165, 1.54) is 18.4 Å². The van der Waals surface area contributed by atoms with Crippen LogP contribution in [-0.2, 0) is 20.1 Å². The van der Waals surface area contributed by atoms with Crippen LogP contribution in [0.5, 0.6) is 5.75 Å². The molecule has 0 spiro atoms. The molecule has 2 aromatic rings. The lowest BCUT2D eigenvalue weighted by Gasteiger charge is -2.17. The summed E-state index contributed by atoms with van der Waals surface area (Å²) in [7, 11) is 1.93. The first kappa shape index (κ1) is 22.4. The van der Waals surface area contributed by atoms with Crippen LogP contribution in [0.1, 0.15) is 49.6 Å². The van der Waals surface area contributed by atoms with Crippen molar-refractivity contribution in [3.05, 3.63) is 41.5 Å². The standard InChI is InChI=1S/C20H30N6O.HI/c1-4-21-20(23-13-19-25-24-14-26(19)3)22-12-16-10-9-15(2)11-18(16)27-17-7-5-6-8-17;/h9-11,14,17H,4-8,12-13H2,1-3H3,(H2,21,22,23);1H. The second-order valence-electron chi connectivity index (χ2n) is 7.04. The van der Waals surface area contributed by atoms with Crippen LogP contribution < -0.4 is 15.4 Å². The molecule has 1 fully saturated rings. The van der Waals surface area contributed by atoms with Gasteiger partial charge in [0.1, 0.15) is 12.1 Å². The number of aromatic nitrogens is 3. The molecule has 0 bridgehead atoms. The summed E-state index contributed by atoms with van der Waals surface area (Å²) in [5, 5.41) is 14.6. The second-order valence-corrected chi connectivity index (χ2v) is 7.04. The zero-order chi connectivity index (χ0) is 19.1. The Balaban J connectivity index is 0.00000280. The molecule has 28 heavy (non-hydrogen) atoms. The van der Waals surface area contributed by atoms with Crippen LogP contribution in [-0.4, -0.2) is 33.4 Å². The molecule has 0 radical (unpaired) electrons. The fourth-order valence-electron chi connectivity index (χ4n) is 3.22. The SMILES string of the molecule is CCNC(=NCc1ccc(C)cc1OC1CCCC1)NCc1nncn1C.I. The lowest BCUT2D eigenvalue weighted by Crippen LogP contribution is -2.37. The molecule has 7 nitrogen and oxygen atoms in total. The molecule has 0 aliphatic heterocycles. The lowest BCUT2D eigenvalue weighted by atomic mass is 10.1. The maximum Gasteiger partial charge on any atom is 0.191 e. The third kappa shape index (κ3) is 6.35. The van der Waals surface area contributed by atoms with Crippen molar-refractivity contribution in [3.8, 4) is 5.75 Å². The van der Waals surface area contributed by atoms with Crippen LogP contribution in [0.25, 0.3) is 0 Å². The van der Waals surface area contributed by atoms with Gasteiger partial charge in [0.05, 0.1) is 19.2 Å². The number of guanidine groups is 1. The summed E-state index contributed by atoms with van der Waals surface area (Å²) in [6.45, 7) is 6.09. The Labute approximate surface area is 184 Å². The molecule has 8 heteroatoms. The van der Waals surface area contributed by atoms with Gasteiger partial charge >= 0.3 is 0 Å². The topological polar surface area (TPSA) is 76.4 Å². The minimum Gasteiger partial charge on any atom is -0.490 e. The summed E-state index contributed by atoms with van der Waals surface area (Å²) >= 11 is 0. The monoisotopic (exact) mass is 498 g/mol. The summed E-state index contributed by atoms with van der Waals surface area (Å²) in [5.41, 5.74) is 2.33. The summed E-state index contributed by atoms with van der Waals surface area (Å²) in [6, 6.07) is 6.37. The Kier molecular flexibility index (Phi) is 9.01. The minimum absolute atomic E-state index is 0. The molecular formula is C20H31IN6O. The number of aryl methyl sites for hydroxylation is 2. The van der Waals surface area contributed by atoms with Gasteiger partial charge in [-0.15, -0.1) is 34.2 Å². The number of benzene rings is 1. The highest BCUT2D eigenvalue weighted by Gasteiger charge is 2.18. The van der Waals surface area contributed by atoms with Gasteiger partial charge in [-0.2, -0.15) is 0 Å². The van der Waals surface area contributed by atoms with E-state index in [1.54, 1.807) is 6.33 Å². The Hall–Kier alpha value is -1.84. The van der Waals surface area contributed by atoms with Gasteiger partial charge in [0.15, 0.2) is 11.8 Å². The summed E-state index contributed by atoms with van der Waals surface area (Å²) in [4.78, 5) is 4.73. The van der Waals surface area contributed by atoms with Gasteiger partial charge in [0.2, 0.25) is 0 Å². The van der Waals surface area contributed by atoms with Crippen molar-refractivity contribution >= 4 is 29.9 Å². The van der Waals surface area contributed by atoms with Gasteiger partial charge in [-0.1, -0.05) is 12.1 Å². The van der Waals surface area contributed by atoms with Crippen molar-refractivity contribution in [2.45, 2.75) is 58.7 Å². The van der Waals surface area contributed by atoms with Gasteiger partial charge in [-0.05, 0) is 51.2 Å². The van der Waals surface area contributed by atoms with E-state index in [9.17, 15) is 0 Å². The fraction of sp³-hybridized carbons (Fsp3) is 0.550. The van der Waals surface area contributed by atoms with Crippen molar-refractivity contribution in [3.63, 3.8) is 0 Å². The van der Waals surface area contributed by atoms with Crippen LogP contribution in [0, 0.1) is 6.92 Å². The fourth-order valence-corrected chi connectivity index (χ4v) is 3.22. The molecule has 1 aliphatic rings. The van der Waals surface area contributed by atoms with E-state index < -0.39 is 0 Å². The maximum absolute atomic E-state index is 6.28. The molecule has 3 rings (SSSR count). The number of aliphatic imine (C=N–C) groups is 1. The molecule has 1 aliphatic carbocycles. The van der Waals surface area contributed by atoms with Gasteiger partial charge in [0, 0.05) is 19.2 Å². The number of nitrogens with zero attached hydrogens (tertiary/aromatic N) is 4. The van der Waals surface area contributed by atoms with Crippen molar-refractivity contribution in [1.82, 2.24) is 25.4 Å². The Morgan fingerprint density at radius 3 is 2.75 bits per heavy atom. The van der Waals surface area contributed by atoms with E-state index in [0.29, 0.717) is 19.2 Å². The highest BCUT2D eigenvalue weighted by atomic mass is 127. The second kappa shape index (κ2) is 11.2. The summed E-state index contributed by atoms with van der Waals surface area (Å²) in [6.07, 6.45) is 6.87. The normalized spacial score (nSPS) is 14.6. The zero-order valence-electron chi connectivity index (χ0n) is 16.9. The largest absolute Gasteiger partial charge is 0.490 e. The van der Waals surface area contributed by atoms with Gasteiger partial charge < -0.3 is 19.9 Å². The number of nitrogens with one attached hydrogen (secondary N) is 2. The Morgan fingerprint density at radius 2 is 2.07 bits per heavy atom. The van der Waals surface area contributed by atoms with Gasteiger partial charge in [0.25, 0.3) is 0 Å². The molecule has 0 unspecified atom stereocenters. The first-order chi connectivity index (χ1) is 13.2. The number of hydrogen-bond donors (Lipinski definition) is 2. The molecule has 1 aromatic heterocycles. The van der Waals surface area contributed by atoms with Crippen LogP contribution in [0.2, 0.25) is 0 Å². The van der Waals surface area contributed by atoms with Crippen LogP contribution in [0.4, 0.5) is 0 Å². The highest BCUT2D eigenvalue weighted by molar-refractivity contribution is 14.0. The van der Waals surface area contributed by atoms with E-state index in [0.717, 1.165) is 42.5 Å². The van der Waals surface area contributed by atoms with E-state index in [4.69, 9.17) is 9.73 Å². The minimum atomic E-state index is 0. The first-order valence-electron chi connectivity index (χ1n) is 9.77. The molecule has 0 atom stereocenters. The molecule has 1 saturated carbocycles. The average Bonchev–Trinajstić information content (AvgIpc) is 3.30. The number of ether oxygens (including phenoxy) is 1. The molecular weight excluding hydrogens is 467 g/mol. The maximum atomic E-state index is 6.28. The summed E-state index contributed by atoms with van der Waals surface area (Å²) in [5.74, 6) is 2.59. The average molecular weight is 498 g/mol. The Morgan fingerprint density at radius 1 is 1.29 bits per heavy atom. The molecule has 2 N–H and O–H groups in total. The van der Waals surface area contributed by atoms with Crippen molar-refractivity contribution < 1.29 is 4.74 Å².